The van der Waals surface area contributed by atoms with Crippen molar-refractivity contribution in [3.63, 3.8) is 0 Å². The number of aromatic hydroxyl groups is 2. The van der Waals surface area contributed by atoms with Gasteiger partial charge in [-0.05, 0) is 162 Å². The van der Waals surface area contributed by atoms with Crippen molar-refractivity contribution in [2.45, 2.75) is 13.2 Å². The molecule has 6 aromatic rings. The Morgan fingerprint density at radius 3 is 1.38 bits per heavy atom. The van der Waals surface area contributed by atoms with Crippen LogP contribution in [0.2, 0.25) is 0 Å². The van der Waals surface area contributed by atoms with Crippen molar-refractivity contribution in [3.05, 3.63) is 116 Å². The number of hydrogen-bond donors (Lipinski definition) is 2. The van der Waals surface area contributed by atoms with Crippen molar-refractivity contribution in [2.24, 2.45) is 0 Å². The Kier molecular flexibility index (Phi) is 9.24. The molecule has 0 spiro atoms. The van der Waals surface area contributed by atoms with E-state index in [1.54, 1.807) is 0 Å². The van der Waals surface area contributed by atoms with Crippen LogP contribution in [0.4, 0.5) is 4.39 Å². The fraction of sp³-hybridized carbons (Fsp3) is 0.0625. The molecule has 0 bridgehead atoms. The molecule has 0 aliphatic heterocycles. The van der Waals surface area contributed by atoms with Gasteiger partial charge in [-0.2, -0.15) is 0 Å². The number of phenols is 2. The second-order valence-electron chi connectivity index (χ2n) is 9.47. The summed E-state index contributed by atoms with van der Waals surface area (Å²) in [6.45, 7) is 0.740. The van der Waals surface area contributed by atoms with Gasteiger partial charge in [-0.25, -0.2) is 4.39 Å². The Bertz CT molecular complexity index is 1810. The summed E-state index contributed by atoms with van der Waals surface area (Å²) in [4.78, 5) is 1.04. The maximum Gasteiger partial charge on any atom is 0.188 e. The summed E-state index contributed by atoms with van der Waals surface area (Å²) >= 11 is 8.50. The van der Waals surface area contributed by atoms with Crippen molar-refractivity contribution in [2.75, 3.05) is 0 Å². The van der Waals surface area contributed by atoms with Crippen LogP contribution in [0.25, 0.3) is 25.1 Å². The van der Waals surface area contributed by atoms with Crippen LogP contribution in [0, 0.1) is 20.1 Å². The van der Waals surface area contributed by atoms with Gasteiger partial charge in [0, 0.05) is 34.7 Å². The minimum atomic E-state index is -0.400. The summed E-state index contributed by atoms with van der Waals surface area (Å²) in [5.41, 5.74) is 1.95. The van der Waals surface area contributed by atoms with Gasteiger partial charge in [0.1, 0.15) is 42.0 Å². The Balaban J connectivity index is 1.38. The molecule has 0 aliphatic rings. The van der Waals surface area contributed by atoms with Crippen molar-refractivity contribution < 1.29 is 24.1 Å². The van der Waals surface area contributed by atoms with E-state index in [1.807, 2.05) is 48.5 Å². The van der Waals surface area contributed by atoms with Crippen molar-refractivity contribution in [3.8, 4) is 27.9 Å². The first-order valence-corrected chi connectivity index (χ1v) is 18.1. The van der Waals surface area contributed by atoms with E-state index in [2.05, 4.69) is 115 Å². The number of fused-ring (bicyclic) bond motifs is 3. The molecule has 0 atom stereocenters. The molecule has 212 valence electrons. The maximum atomic E-state index is 13.8. The van der Waals surface area contributed by atoms with Crippen LogP contribution in [-0.2, 0) is 13.2 Å². The summed E-state index contributed by atoms with van der Waals surface area (Å²) < 4.78 is 31.7. The first-order chi connectivity index (χ1) is 20.2. The van der Waals surface area contributed by atoms with Crippen LogP contribution in [0.5, 0.6) is 23.0 Å². The van der Waals surface area contributed by atoms with E-state index in [0.717, 1.165) is 62.0 Å². The highest BCUT2D eigenvalue weighted by atomic mass is 127. The normalized spacial score (nSPS) is 11.4. The summed E-state index contributed by atoms with van der Waals surface area (Å²) in [6.07, 6.45) is 0. The van der Waals surface area contributed by atoms with Crippen LogP contribution in [-0.4, -0.2) is 10.2 Å². The fourth-order valence-electron chi connectivity index (χ4n) is 4.65. The Morgan fingerprint density at radius 2 is 0.976 bits per heavy atom. The highest BCUT2D eigenvalue weighted by Gasteiger charge is 2.25. The largest absolute Gasteiger partial charge is 0.506 e. The number of benzene rings is 5. The van der Waals surface area contributed by atoms with Crippen LogP contribution in [0.3, 0.4) is 0 Å². The fourth-order valence-corrected chi connectivity index (χ4v) is 10.8. The van der Waals surface area contributed by atoms with E-state index in [0.29, 0.717) is 13.2 Å². The van der Waals surface area contributed by atoms with Crippen LogP contribution in [0.15, 0.2) is 84.9 Å². The highest BCUT2D eigenvalue weighted by Crippen LogP contribution is 2.50. The van der Waals surface area contributed by atoms with Crippen LogP contribution in [0.1, 0.15) is 11.1 Å². The molecule has 0 amide bonds. The summed E-state index contributed by atoms with van der Waals surface area (Å²) in [6, 6.07) is 26.7. The molecule has 5 aromatic carbocycles. The van der Waals surface area contributed by atoms with Gasteiger partial charge >= 0.3 is 0 Å². The number of thiophene rings is 1. The Hall–Kier alpha value is -1.63. The molecule has 42 heavy (non-hydrogen) atoms. The third-order valence-electron chi connectivity index (χ3n) is 6.65. The topological polar surface area (TPSA) is 58.9 Å². The minimum absolute atomic E-state index is 0.258. The molecule has 2 N–H and O–H groups in total. The summed E-state index contributed by atoms with van der Waals surface area (Å²) in [5, 5.41) is 22.3. The monoisotopic (exact) mass is 1030 g/mol. The predicted octanol–water partition coefficient (Wildman–Crippen LogP) is 10.9. The molecular formula is C32H20FI4O4S+. The van der Waals surface area contributed by atoms with E-state index in [4.69, 9.17) is 9.47 Å². The molecule has 4 nitrogen and oxygen atoms in total. The highest BCUT2D eigenvalue weighted by molar-refractivity contribution is 14.1. The van der Waals surface area contributed by atoms with E-state index in [1.165, 1.54) is 12.1 Å². The molecule has 0 saturated carbocycles. The van der Waals surface area contributed by atoms with E-state index in [-0.39, 0.29) is 17.3 Å². The van der Waals surface area contributed by atoms with Gasteiger partial charge in [0.15, 0.2) is 14.3 Å². The molecule has 1 heterocycles. The van der Waals surface area contributed by atoms with Crippen molar-refractivity contribution >= 4 is 121 Å². The lowest BCUT2D eigenvalue weighted by molar-refractivity contribution is 0.306. The summed E-state index contributed by atoms with van der Waals surface area (Å²) in [7, 11) is -0.400. The maximum absolute atomic E-state index is 13.8. The smallest absolute Gasteiger partial charge is 0.188 e. The first kappa shape index (κ1) is 30.4. The molecule has 6 rings (SSSR count). The Labute approximate surface area is 298 Å². The average molecular weight is 1030 g/mol. The number of phenolic OH excluding ortho intramolecular Hbond substituents is 2. The van der Waals surface area contributed by atoms with Crippen LogP contribution >= 0.6 is 101 Å². The molecular weight excluding hydrogens is 1010 g/mol. The second kappa shape index (κ2) is 12.8. The lowest BCUT2D eigenvalue weighted by Gasteiger charge is -2.09. The molecule has 0 unspecified atom stereocenters. The zero-order valence-corrected chi connectivity index (χ0v) is 31.0. The molecule has 1 aromatic heterocycles. The zero-order valence-electron chi connectivity index (χ0n) is 21.5. The standard InChI is InChI=1S/C32H19FI4O4S/c33-19-1-5-22(6-2-19)42-29-7-3-20(40-15-17-9-25(34)31(38)26(35)10-17)13-23(29)24-14-21(4-8-30(24)42)41-16-18-11-27(36)32(39)28(37)12-18/h1-14H,15-16H2,(H-,38,39)/p+1. The lowest BCUT2D eigenvalue weighted by Crippen LogP contribution is -1.97. The average Bonchev–Trinajstić information content (AvgIpc) is 3.29. The molecule has 0 saturated heterocycles. The number of ether oxygens (including phenoxy) is 2. The third-order valence-corrected chi connectivity index (χ3v) is 12.3. The van der Waals surface area contributed by atoms with Gasteiger partial charge in [-0.3, -0.25) is 0 Å². The molecule has 10 heteroatoms. The first-order valence-electron chi connectivity index (χ1n) is 12.6. The van der Waals surface area contributed by atoms with E-state index in [9.17, 15) is 14.6 Å². The van der Waals surface area contributed by atoms with Gasteiger partial charge in [0.2, 0.25) is 0 Å². The van der Waals surface area contributed by atoms with Crippen LogP contribution < -0.4 is 9.47 Å². The molecule has 0 radical (unpaired) electrons. The number of halogens is 5. The quantitative estimate of drug-likeness (QED) is 0.124. The third kappa shape index (κ3) is 6.28. The lowest BCUT2D eigenvalue weighted by atomic mass is 10.1. The Morgan fingerprint density at radius 1 is 0.571 bits per heavy atom. The minimum Gasteiger partial charge on any atom is -0.506 e. The van der Waals surface area contributed by atoms with Crippen molar-refractivity contribution in [1.82, 2.24) is 0 Å². The van der Waals surface area contributed by atoms with Crippen molar-refractivity contribution in [1.29, 1.82) is 0 Å². The van der Waals surface area contributed by atoms with Gasteiger partial charge in [-0.1, -0.05) is 0 Å². The van der Waals surface area contributed by atoms with Gasteiger partial charge in [0.05, 0.1) is 25.1 Å². The van der Waals surface area contributed by atoms with E-state index < -0.39 is 10.5 Å². The van der Waals surface area contributed by atoms with Gasteiger partial charge < -0.3 is 19.7 Å². The SMILES string of the molecule is Oc1c(I)cc(COc2ccc3c(c2)c2cc(OCc4cc(I)c(O)c(I)c4)ccc2[s+]3-c2ccc(F)cc2)cc1I. The summed E-state index contributed by atoms with van der Waals surface area (Å²) in [5.74, 6) is 1.79. The number of hydrogen-bond acceptors (Lipinski definition) is 4. The van der Waals surface area contributed by atoms with Gasteiger partial charge in [-0.15, -0.1) is 0 Å². The molecule has 0 aliphatic carbocycles. The van der Waals surface area contributed by atoms with Gasteiger partial charge in [0.25, 0.3) is 0 Å². The molecule has 0 fully saturated rings. The predicted molar refractivity (Wildman–Crippen MR) is 201 cm³/mol. The zero-order chi connectivity index (χ0) is 29.5. The second-order valence-corrected chi connectivity index (χ2v) is 16.1. The number of rotatable bonds is 7. The van der Waals surface area contributed by atoms with E-state index >= 15 is 0 Å².